The molecular formula is C38H77NO8P+. The molecular weight excluding hydrogens is 629 g/mol. The Labute approximate surface area is 295 Å². The standard InChI is InChI=1S/C38H76NO8P/c1-6-8-9-10-11-12-13-14-15-16-17-18-19-20-21-22-23-24-25-26-27-28-29-31-37(40)44-34-36(47-38(41)30-7-2)35-46-48(42,43)45-33-32-39(3,4)5/h36H,6-35H2,1-5H3/p+1/t36-/m1/s1. The Morgan fingerprint density at radius 1 is 0.562 bits per heavy atom. The van der Waals surface area contributed by atoms with Gasteiger partial charge in [0.2, 0.25) is 0 Å². The lowest BCUT2D eigenvalue weighted by Crippen LogP contribution is -2.37. The third-order valence-corrected chi connectivity index (χ3v) is 9.59. The summed E-state index contributed by atoms with van der Waals surface area (Å²) >= 11 is 0. The molecule has 1 unspecified atom stereocenters. The first-order valence-electron chi connectivity index (χ1n) is 19.8. The van der Waals surface area contributed by atoms with Gasteiger partial charge < -0.3 is 18.9 Å². The van der Waals surface area contributed by atoms with E-state index in [0.29, 0.717) is 23.9 Å². The van der Waals surface area contributed by atoms with Gasteiger partial charge in [-0.2, -0.15) is 0 Å². The molecule has 0 aromatic carbocycles. The van der Waals surface area contributed by atoms with E-state index in [9.17, 15) is 19.0 Å². The van der Waals surface area contributed by atoms with E-state index in [4.69, 9.17) is 18.5 Å². The highest BCUT2D eigenvalue weighted by Crippen LogP contribution is 2.43. The van der Waals surface area contributed by atoms with E-state index in [2.05, 4.69) is 6.92 Å². The minimum Gasteiger partial charge on any atom is -0.462 e. The molecule has 0 bridgehead atoms. The van der Waals surface area contributed by atoms with E-state index < -0.39 is 26.5 Å². The fourth-order valence-corrected chi connectivity index (χ4v) is 6.26. The molecule has 0 aliphatic rings. The Kier molecular flexibility index (Phi) is 31.3. The number of ether oxygens (including phenoxy) is 2. The van der Waals surface area contributed by atoms with Crippen molar-refractivity contribution in [3.63, 3.8) is 0 Å². The lowest BCUT2D eigenvalue weighted by Gasteiger charge is -2.24. The number of rotatable bonds is 36. The molecule has 0 spiro atoms. The second-order valence-corrected chi connectivity index (χ2v) is 16.1. The molecule has 0 heterocycles. The highest BCUT2D eigenvalue weighted by molar-refractivity contribution is 7.47. The summed E-state index contributed by atoms with van der Waals surface area (Å²) in [4.78, 5) is 34.3. The molecule has 0 aliphatic heterocycles. The first-order chi connectivity index (χ1) is 23.0. The number of hydrogen-bond donors (Lipinski definition) is 1. The van der Waals surface area contributed by atoms with Crippen LogP contribution in [0.4, 0.5) is 0 Å². The van der Waals surface area contributed by atoms with E-state index in [1.54, 1.807) is 0 Å². The van der Waals surface area contributed by atoms with Gasteiger partial charge in [-0.1, -0.05) is 155 Å². The molecule has 0 rings (SSSR count). The van der Waals surface area contributed by atoms with Gasteiger partial charge in [-0.05, 0) is 12.8 Å². The van der Waals surface area contributed by atoms with Crippen molar-refractivity contribution in [2.24, 2.45) is 0 Å². The lowest BCUT2D eigenvalue weighted by molar-refractivity contribution is -0.870. The zero-order chi connectivity index (χ0) is 35.8. The quantitative estimate of drug-likeness (QED) is 0.0297. The van der Waals surface area contributed by atoms with Crippen molar-refractivity contribution in [3.05, 3.63) is 0 Å². The summed E-state index contributed by atoms with van der Waals surface area (Å²) in [5.41, 5.74) is 0. The Bertz CT molecular complexity index is 804. The topological polar surface area (TPSA) is 108 Å². The van der Waals surface area contributed by atoms with Gasteiger partial charge >= 0.3 is 19.8 Å². The first kappa shape index (κ1) is 47.0. The first-order valence-corrected chi connectivity index (χ1v) is 21.3. The van der Waals surface area contributed by atoms with Crippen molar-refractivity contribution >= 4 is 19.8 Å². The molecule has 0 aromatic heterocycles. The number of carbonyl (C=O) groups excluding carboxylic acids is 2. The van der Waals surface area contributed by atoms with Crippen LogP contribution in [0.5, 0.6) is 0 Å². The zero-order valence-corrected chi connectivity index (χ0v) is 32.9. The monoisotopic (exact) mass is 707 g/mol. The van der Waals surface area contributed by atoms with Crippen LogP contribution in [0.25, 0.3) is 0 Å². The van der Waals surface area contributed by atoms with E-state index in [-0.39, 0.29) is 25.6 Å². The van der Waals surface area contributed by atoms with Crippen LogP contribution in [-0.2, 0) is 32.7 Å². The SMILES string of the molecule is CCCCCCCCCCCCCCCCCCCCCCCCCC(=O)OC[C@H](COP(=O)(O)OCC[N+](C)(C)C)OC(=O)CCC. The van der Waals surface area contributed by atoms with Crippen LogP contribution in [0.3, 0.4) is 0 Å². The third kappa shape index (κ3) is 34.9. The largest absolute Gasteiger partial charge is 0.472 e. The second kappa shape index (κ2) is 32.0. The van der Waals surface area contributed by atoms with Crippen LogP contribution in [0, 0.1) is 0 Å². The lowest BCUT2D eigenvalue weighted by atomic mass is 10.0. The van der Waals surface area contributed by atoms with Crippen molar-refractivity contribution in [2.45, 2.75) is 187 Å². The molecule has 0 aliphatic carbocycles. The van der Waals surface area contributed by atoms with Crippen molar-refractivity contribution in [3.8, 4) is 0 Å². The van der Waals surface area contributed by atoms with Crippen LogP contribution in [0.2, 0.25) is 0 Å². The molecule has 48 heavy (non-hydrogen) atoms. The number of likely N-dealkylation sites (N-methyl/N-ethyl adjacent to an activating group) is 1. The van der Waals surface area contributed by atoms with Gasteiger partial charge in [0.1, 0.15) is 19.8 Å². The highest BCUT2D eigenvalue weighted by Gasteiger charge is 2.26. The predicted molar refractivity (Wildman–Crippen MR) is 197 cm³/mol. The number of esters is 2. The summed E-state index contributed by atoms with van der Waals surface area (Å²) in [6.07, 6.45) is 30.6. The average molecular weight is 707 g/mol. The summed E-state index contributed by atoms with van der Waals surface area (Å²) < 4.78 is 33.5. The maximum absolute atomic E-state index is 12.3. The molecule has 286 valence electrons. The van der Waals surface area contributed by atoms with Gasteiger partial charge in [0, 0.05) is 12.8 Å². The highest BCUT2D eigenvalue weighted by atomic mass is 31.2. The molecule has 0 amide bonds. The van der Waals surface area contributed by atoms with Crippen LogP contribution < -0.4 is 0 Å². The fourth-order valence-electron chi connectivity index (χ4n) is 5.52. The molecule has 0 radical (unpaired) electrons. The predicted octanol–water partition coefficient (Wildman–Crippen LogP) is 10.5. The Balaban J connectivity index is 3.78. The number of phosphoric ester groups is 1. The van der Waals surface area contributed by atoms with E-state index in [1.165, 1.54) is 128 Å². The maximum Gasteiger partial charge on any atom is 0.472 e. The van der Waals surface area contributed by atoms with Gasteiger partial charge in [0.05, 0.1) is 27.7 Å². The van der Waals surface area contributed by atoms with Gasteiger partial charge in [0.25, 0.3) is 0 Å². The van der Waals surface area contributed by atoms with Crippen LogP contribution in [-0.4, -0.2) is 74.9 Å². The number of quaternary nitrogens is 1. The zero-order valence-electron chi connectivity index (χ0n) is 32.0. The third-order valence-electron chi connectivity index (χ3n) is 8.61. The number of unbranched alkanes of at least 4 members (excludes halogenated alkanes) is 22. The molecule has 0 fully saturated rings. The number of phosphoric acid groups is 1. The normalized spacial score (nSPS) is 13.7. The number of carbonyl (C=O) groups is 2. The molecule has 0 saturated heterocycles. The Hall–Kier alpha value is -0.990. The second-order valence-electron chi connectivity index (χ2n) is 14.7. The van der Waals surface area contributed by atoms with Gasteiger partial charge in [-0.15, -0.1) is 0 Å². The maximum atomic E-state index is 12.3. The summed E-state index contributed by atoms with van der Waals surface area (Å²) in [5, 5.41) is 0. The Morgan fingerprint density at radius 3 is 1.38 bits per heavy atom. The van der Waals surface area contributed by atoms with Crippen LogP contribution >= 0.6 is 7.82 Å². The van der Waals surface area contributed by atoms with E-state index in [0.717, 1.165) is 19.3 Å². The van der Waals surface area contributed by atoms with E-state index >= 15 is 0 Å². The Morgan fingerprint density at radius 2 is 0.979 bits per heavy atom. The smallest absolute Gasteiger partial charge is 0.462 e. The van der Waals surface area contributed by atoms with Crippen molar-refractivity contribution < 1.29 is 42.1 Å². The van der Waals surface area contributed by atoms with Gasteiger partial charge in [-0.3, -0.25) is 18.6 Å². The fraction of sp³-hybridized carbons (Fsp3) is 0.947. The van der Waals surface area contributed by atoms with Gasteiger partial charge in [-0.25, -0.2) is 4.57 Å². The molecule has 0 saturated carbocycles. The molecule has 10 heteroatoms. The van der Waals surface area contributed by atoms with Crippen molar-refractivity contribution in [1.29, 1.82) is 0 Å². The van der Waals surface area contributed by atoms with Crippen molar-refractivity contribution in [2.75, 3.05) is 47.5 Å². The number of hydrogen-bond acceptors (Lipinski definition) is 7. The average Bonchev–Trinajstić information content (AvgIpc) is 3.02. The summed E-state index contributed by atoms with van der Waals surface area (Å²) in [6, 6.07) is 0. The molecule has 2 atom stereocenters. The molecule has 0 aromatic rings. The molecule has 1 N–H and O–H groups in total. The molecule has 9 nitrogen and oxygen atoms in total. The van der Waals surface area contributed by atoms with Crippen molar-refractivity contribution in [1.82, 2.24) is 0 Å². The van der Waals surface area contributed by atoms with E-state index in [1.807, 2.05) is 28.1 Å². The number of nitrogens with zero attached hydrogens (tertiary/aromatic N) is 1. The summed E-state index contributed by atoms with van der Waals surface area (Å²) in [6.45, 7) is 4.04. The van der Waals surface area contributed by atoms with Crippen LogP contribution in [0.1, 0.15) is 181 Å². The van der Waals surface area contributed by atoms with Crippen LogP contribution in [0.15, 0.2) is 0 Å². The minimum absolute atomic E-state index is 0.0338. The minimum atomic E-state index is -4.33. The van der Waals surface area contributed by atoms with Gasteiger partial charge in [0.15, 0.2) is 6.10 Å². The summed E-state index contributed by atoms with van der Waals surface area (Å²) in [5.74, 6) is -0.850. The summed E-state index contributed by atoms with van der Waals surface area (Å²) in [7, 11) is 1.48.